The molecule has 44 heavy (non-hydrogen) atoms. The van der Waals surface area contributed by atoms with Crippen molar-refractivity contribution in [3.05, 3.63) is 114 Å². The number of nitrogens with one attached hydrogen (secondary N) is 3. The van der Waals surface area contributed by atoms with Gasteiger partial charge in [0.25, 0.3) is 0 Å². The fourth-order valence-electron chi connectivity index (χ4n) is 6.13. The van der Waals surface area contributed by atoms with Crippen LogP contribution in [0.15, 0.2) is 97.5 Å². The van der Waals surface area contributed by atoms with E-state index in [0.29, 0.717) is 39.0 Å². The fourth-order valence-corrected chi connectivity index (χ4v) is 6.13. The standard InChI is InChI=1S/C36H39N5O3/c42-35(40-34(23-31-24-37-25-39-31)36(43)38-15-16-41-17-19-44-20-18-41)30(21-28-11-5-9-26-7-1-3-13-32(26)28)22-29-12-6-10-27-8-2-4-14-33(27)29/h1-14,24-25,30,34H,15-23H2,(H,37,39)(H,38,43)(H,40,42). The van der Waals surface area contributed by atoms with Crippen molar-refractivity contribution in [2.75, 3.05) is 39.4 Å². The predicted molar refractivity (Wildman–Crippen MR) is 173 cm³/mol. The maximum Gasteiger partial charge on any atom is 0.243 e. The Labute approximate surface area is 257 Å². The monoisotopic (exact) mass is 589 g/mol. The Balaban J connectivity index is 1.25. The van der Waals surface area contributed by atoms with E-state index in [1.807, 2.05) is 36.4 Å². The number of aromatic amines is 1. The normalized spacial score (nSPS) is 14.6. The minimum atomic E-state index is -0.752. The van der Waals surface area contributed by atoms with E-state index in [1.54, 1.807) is 12.5 Å². The summed E-state index contributed by atoms with van der Waals surface area (Å²) in [6.07, 6.45) is 4.75. The first kappa shape index (κ1) is 29.5. The molecular weight excluding hydrogens is 550 g/mol. The van der Waals surface area contributed by atoms with Crippen LogP contribution in [0.5, 0.6) is 0 Å². The molecule has 1 atom stereocenters. The number of benzene rings is 4. The summed E-state index contributed by atoms with van der Waals surface area (Å²) in [5.41, 5.74) is 2.95. The highest BCUT2D eigenvalue weighted by atomic mass is 16.5. The van der Waals surface area contributed by atoms with E-state index in [0.717, 1.165) is 58.0 Å². The van der Waals surface area contributed by atoms with Crippen LogP contribution in [-0.4, -0.2) is 72.1 Å². The van der Waals surface area contributed by atoms with Gasteiger partial charge < -0.3 is 20.4 Å². The number of carbonyl (C=O) groups excluding carboxylic acids is 2. The Morgan fingerprint density at radius 3 is 2.02 bits per heavy atom. The summed E-state index contributed by atoms with van der Waals surface area (Å²) in [6.45, 7) is 4.37. The number of ether oxygens (including phenoxy) is 1. The Kier molecular flexibility index (Phi) is 9.60. The number of rotatable bonds is 12. The molecule has 6 rings (SSSR count). The van der Waals surface area contributed by atoms with Gasteiger partial charge in [0, 0.05) is 44.7 Å². The van der Waals surface area contributed by atoms with E-state index in [9.17, 15) is 9.59 Å². The Morgan fingerprint density at radius 1 is 0.795 bits per heavy atom. The minimum absolute atomic E-state index is 0.144. The molecule has 1 saturated heterocycles. The summed E-state index contributed by atoms with van der Waals surface area (Å²) < 4.78 is 5.44. The molecule has 1 aliphatic heterocycles. The van der Waals surface area contributed by atoms with E-state index < -0.39 is 12.0 Å². The summed E-state index contributed by atoms with van der Waals surface area (Å²) in [7, 11) is 0. The summed E-state index contributed by atoms with van der Waals surface area (Å²) in [4.78, 5) is 37.3. The van der Waals surface area contributed by atoms with Crippen LogP contribution >= 0.6 is 0 Å². The lowest BCUT2D eigenvalue weighted by atomic mass is 9.87. The molecule has 1 aliphatic rings. The molecule has 226 valence electrons. The minimum Gasteiger partial charge on any atom is -0.379 e. The van der Waals surface area contributed by atoms with E-state index in [2.05, 4.69) is 74.0 Å². The van der Waals surface area contributed by atoms with Gasteiger partial charge in [0.2, 0.25) is 11.8 Å². The summed E-state index contributed by atoms with van der Waals surface area (Å²) in [5, 5.41) is 10.8. The first-order valence-corrected chi connectivity index (χ1v) is 15.4. The molecule has 0 aliphatic carbocycles. The van der Waals surface area contributed by atoms with Crippen LogP contribution in [0.25, 0.3) is 21.5 Å². The van der Waals surface area contributed by atoms with Gasteiger partial charge in [0.15, 0.2) is 0 Å². The third-order valence-corrected chi connectivity index (χ3v) is 8.50. The lowest BCUT2D eigenvalue weighted by Crippen LogP contribution is -2.51. The van der Waals surface area contributed by atoms with Gasteiger partial charge in [-0.25, -0.2) is 4.98 Å². The maximum absolute atomic E-state index is 14.2. The second kappa shape index (κ2) is 14.3. The number of nitrogens with zero attached hydrogens (tertiary/aromatic N) is 2. The van der Waals surface area contributed by atoms with Gasteiger partial charge in [0.05, 0.1) is 25.2 Å². The highest BCUT2D eigenvalue weighted by Crippen LogP contribution is 2.26. The Hall–Kier alpha value is -4.53. The molecule has 1 aromatic heterocycles. The quantitative estimate of drug-likeness (QED) is 0.202. The molecule has 0 bridgehead atoms. The van der Waals surface area contributed by atoms with E-state index in [1.165, 1.54) is 0 Å². The highest BCUT2D eigenvalue weighted by molar-refractivity contribution is 5.91. The second-order valence-corrected chi connectivity index (χ2v) is 11.5. The number of aromatic nitrogens is 2. The third kappa shape index (κ3) is 7.33. The van der Waals surface area contributed by atoms with Crippen molar-refractivity contribution < 1.29 is 14.3 Å². The molecule has 0 radical (unpaired) electrons. The SMILES string of the molecule is O=C(NC(Cc1c[nH]cn1)C(=O)NCCN1CCOCC1)C(Cc1cccc2ccccc12)Cc1cccc2ccccc12. The van der Waals surface area contributed by atoms with Gasteiger partial charge in [-0.1, -0.05) is 84.9 Å². The molecule has 3 N–H and O–H groups in total. The number of amides is 2. The zero-order valence-corrected chi connectivity index (χ0v) is 24.9. The van der Waals surface area contributed by atoms with Gasteiger partial charge in [0.1, 0.15) is 6.04 Å². The van der Waals surface area contributed by atoms with Crippen LogP contribution in [0.2, 0.25) is 0 Å². The Bertz CT molecular complexity index is 1610. The maximum atomic E-state index is 14.2. The highest BCUT2D eigenvalue weighted by Gasteiger charge is 2.28. The van der Waals surface area contributed by atoms with Gasteiger partial charge in [-0.2, -0.15) is 0 Å². The number of imidazole rings is 1. The van der Waals surface area contributed by atoms with Crippen molar-refractivity contribution in [1.29, 1.82) is 0 Å². The lowest BCUT2D eigenvalue weighted by Gasteiger charge is -2.27. The second-order valence-electron chi connectivity index (χ2n) is 11.5. The zero-order chi connectivity index (χ0) is 30.1. The molecule has 4 aromatic carbocycles. The molecule has 5 aromatic rings. The van der Waals surface area contributed by atoms with Gasteiger partial charge in [-0.05, 0) is 45.5 Å². The van der Waals surface area contributed by atoms with Crippen molar-refractivity contribution >= 4 is 33.4 Å². The zero-order valence-electron chi connectivity index (χ0n) is 24.9. The number of hydrogen-bond donors (Lipinski definition) is 3. The van der Waals surface area contributed by atoms with E-state index in [4.69, 9.17) is 4.74 Å². The van der Waals surface area contributed by atoms with Crippen LogP contribution < -0.4 is 10.6 Å². The molecule has 0 spiro atoms. The van der Waals surface area contributed by atoms with Crippen LogP contribution in [0.3, 0.4) is 0 Å². The fraction of sp³-hybridized carbons (Fsp3) is 0.306. The van der Waals surface area contributed by atoms with Crippen LogP contribution in [0.1, 0.15) is 16.8 Å². The summed E-state index contributed by atoms with van der Waals surface area (Å²) >= 11 is 0. The van der Waals surface area contributed by atoms with Gasteiger partial charge >= 0.3 is 0 Å². The third-order valence-electron chi connectivity index (χ3n) is 8.50. The smallest absolute Gasteiger partial charge is 0.243 e. The van der Waals surface area contributed by atoms with Crippen molar-refractivity contribution in [2.24, 2.45) is 5.92 Å². The van der Waals surface area contributed by atoms with Gasteiger partial charge in [-0.3, -0.25) is 14.5 Å². The number of H-pyrrole nitrogens is 1. The number of morpholine rings is 1. The average molecular weight is 590 g/mol. The molecule has 1 fully saturated rings. The number of fused-ring (bicyclic) bond motifs is 2. The van der Waals surface area contributed by atoms with Gasteiger partial charge in [-0.15, -0.1) is 0 Å². The number of hydrogen-bond acceptors (Lipinski definition) is 5. The van der Waals surface area contributed by atoms with Crippen LogP contribution in [0, 0.1) is 5.92 Å². The first-order chi connectivity index (χ1) is 21.6. The Morgan fingerprint density at radius 2 is 1.41 bits per heavy atom. The molecule has 2 heterocycles. The summed E-state index contributed by atoms with van der Waals surface area (Å²) in [5.74, 6) is -0.743. The first-order valence-electron chi connectivity index (χ1n) is 15.4. The molecule has 0 saturated carbocycles. The lowest BCUT2D eigenvalue weighted by molar-refractivity contribution is -0.131. The summed E-state index contributed by atoms with van der Waals surface area (Å²) in [6, 6.07) is 28.3. The predicted octanol–water partition coefficient (Wildman–Crippen LogP) is 4.29. The largest absolute Gasteiger partial charge is 0.379 e. The molecule has 1 unspecified atom stereocenters. The molecule has 8 nitrogen and oxygen atoms in total. The van der Waals surface area contributed by atoms with Crippen molar-refractivity contribution in [1.82, 2.24) is 25.5 Å². The topological polar surface area (TPSA) is 99.3 Å². The van der Waals surface area contributed by atoms with Crippen molar-refractivity contribution in [3.8, 4) is 0 Å². The van der Waals surface area contributed by atoms with Crippen molar-refractivity contribution in [3.63, 3.8) is 0 Å². The molecule has 2 amide bonds. The van der Waals surface area contributed by atoms with Crippen LogP contribution in [0.4, 0.5) is 0 Å². The number of carbonyl (C=O) groups is 2. The van der Waals surface area contributed by atoms with E-state index >= 15 is 0 Å². The van der Waals surface area contributed by atoms with Crippen molar-refractivity contribution in [2.45, 2.75) is 25.3 Å². The van der Waals surface area contributed by atoms with E-state index in [-0.39, 0.29) is 11.8 Å². The van der Waals surface area contributed by atoms with Crippen LogP contribution in [-0.2, 0) is 33.6 Å². The molecule has 8 heteroatoms. The molecular formula is C36H39N5O3. The average Bonchev–Trinajstić information content (AvgIpc) is 3.58.